The van der Waals surface area contributed by atoms with Crippen LogP contribution in [0, 0.1) is 6.92 Å². The number of furan rings is 1. The normalized spacial score (nSPS) is 12.4. The Balaban J connectivity index is 3.17. The molecule has 19 heavy (non-hydrogen) atoms. The number of anilines is 1. The quantitative estimate of drug-likeness (QED) is 0.894. The predicted molar refractivity (Wildman–Crippen MR) is 58.0 cm³/mol. The number of rotatable bonds is 5. The van der Waals surface area contributed by atoms with Crippen molar-refractivity contribution in [3.63, 3.8) is 0 Å². The van der Waals surface area contributed by atoms with Gasteiger partial charge in [-0.15, -0.1) is 0 Å². The van der Waals surface area contributed by atoms with Crippen LogP contribution in [-0.4, -0.2) is 31.5 Å². The highest BCUT2D eigenvalue weighted by Crippen LogP contribution is 2.31. The highest BCUT2D eigenvalue weighted by Gasteiger charge is 2.51. The fourth-order valence-corrected chi connectivity index (χ4v) is 2.14. The molecule has 0 saturated heterocycles. The lowest BCUT2D eigenvalue weighted by Gasteiger charge is -2.22. The number of nitrogens with zero attached hydrogens (tertiary/aromatic N) is 1. The summed E-state index contributed by atoms with van der Waals surface area (Å²) in [6, 6.07) is 2.30. The monoisotopic (exact) mass is 301 g/mol. The summed E-state index contributed by atoms with van der Waals surface area (Å²) < 4.78 is 64.8. The van der Waals surface area contributed by atoms with Crippen LogP contribution in [0.5, 0.6) is 0 Å². The number of carboxylic acid groups (broad SMARTS) is 1. The molecule has 1 aromatic heterocycles. The summed E-state index contributed by atoms with van der Waals surface area (Å²) in [5.74, 6) is -1.80. The SMILES string of the molecule is Cc1ccc(N(CCC(=O)O)S(=O)(=O)C(F)(F)F)o1. The Hall–Kier alpha value is -1.71. The first kappa shape index (κ1) is 15.3. The lowest BCUT2D eigenvalue weighted by Crippen LogP contribution is -2.41. The van der Waals surface area contributed by atoms with E-state index in [-0.39, 0.29) is 10.1 Å². The zero-order chi connectivity index (χ0) is 14.8. The molecule has 6 nitrogen and oxygen atoms in total. The van der Waals surface area contributed by atoms with E-state index in [4.69, 9.17) is 9.52 Å². The first-order chi connectivity index (χ1) is 8.55. The van der Waals surface area contributed by atoms with Gasteiger partial charge in [0.05, 0.1) is 6.42 Å². The number of hydrogen-bond donors (Lipinski definition) is 1. The van der Waals surface area contributed by atoms with Crippen molar-refractivity contribution in [3.05, 3.63) is 17.9 Å². The maximum absolute atomic E-state index is 12.5. The number of halogens is 3. The Labute approximate surface area is 106 Å². The summed E-state index contributed by atoms with van der Waals surface area (Å²) >= 11 is 0. The maximum Gasteiger partial charge on any atom is 0.516 e. The molecule has 1 rings (SSSR count). The van der Waals surface area contributed by atoms with Crippen LogP contribution in [0.3, 0.4) is 0 Å². The molecule has 0 amide bonds. The number of carboxylic acids is 1. The average molecular weight is 301 g/mol. The van der Waals surface area contributed by atoms with Gasteiger partial charge in [0.25, 0.3) is 0 Å². The summed E-state index contributed by atoms with van der Waals surface area (Å²) in [6.45, 7) is 0.545. The summed E-state index contributed by atoms with van der Waals surface area (Å²) in [5, 5.41) is 8.45. The number of carbonyl (C=O) groups is 1. The number of aryl methyl sites for hydroxylation is 1. The maximum atomic E-state index is 12.5. The molecule has 0 fully saturated rings. The van der Waals surface area contributed by atoms with Gasteiger partial charge >= 0.3 is 21.5 Å². The minimum atomic E-state index is -5.70. The molecule has 0 unspecified atom stereocenters. The lowest BCUT2D eigenvalue weighted by molar-refractivity contribution is -0.136. The van der Waals surface area contributed by atoms with Crippen molar-refractivity contribution >= 4 is 21.9 Å². The van der Waals surface area contributed by atoms with Crippen LogP contribution >= 0.6 is 0 Å². The van der Waals surface area contributed by atoms with Crippen LogP contribution in [0.2, 0.25) is 0 Å². The van der Waals surface area contributed by atoms with E-state index in [1.165, 1.54) is 13.0 Å². The molecule has 1 aromatic rings. The molecule has 0 saturated carbocycles. The Kier molecular flexibility index (Phi) is 4.13. The third kappa shape index (κ3) is 3.40. The van der Waals surface area contributed by atoms with Crippen molar-refractivity contribution in [3.8, 4) is 0 Å². The number of aliphatic carboxylic acids is 1. The lowest BCUT2D eigenvalue weighted by atomic mass is 10.4. The Bertz CT molecular complexity index is 563. The molecular weight excluding hydrogens is 291 g/mol. The van der Waals surface area contributed by atoms with E-state index >= 15 is 0 Å². The molecule has 0 atom stereocenters. The van der Waals surface area contributed by atoms with Gasteiger partial charge < -0.3 is 9.52 Å². The molecule has 0 radical (unpaired) electrons. The molecule has 0 aliphatic rings. The summed E-state index contributed by atoms with van der Waals surface area (Å²) in [7, 11) is -5.70. The topological polar surface area (TPSA) is 87.8 Å². The summed E-state index contributed by atoms with van der Waals surface area (Å²) in [5.41, 5.74) is -5.54. The Morgan fingerprint density at radius 3 is 2.37 bits per heavy atom. The highest BCUT2D eigenvalue weighted by molar-refractivity contribution is 7.93. The minimum absolute atomic E-state index is 0.103. The molecule has 10 heteroatoms. The molecule has 0 bridgehead atoms. The average Bonchev–Trinajstić information content (AvgIpc) is 2.62. The van der Waals surface area contributed by atoms with E-state index < -0.39 is 40.4 Å². The molecule has 1 N–H and O–H groups in total. The van der Waals surface area contributed by atoms with Gasteiger partial charge in [-0.25, -0.2) is 4.31 Å². The first-order valence-corrected chi connectivity index (χ1v) is 6.37. The fourth-order valence-electron chi connectivity index (χ4n) is 1.23. The summed E-state index contributed by atoms with van der Waals surface area (Å²) in [6.07, 6.45) is -0.783. The van der Waals surface area contributed by atoms with Crippen molar-refractivity contribution in [1.29, 1.82) is 0 Å². The second-order valence-electron chi connectivity index (χ2n) is 3.55. The molecular formula is C9H10F3NO5S. The Morgan fingerprint density at radius 2 is 2.00 bits per heavy atom. The first-order valence-electron chi connectivity index (χ1n) is 4.93. The summed E-state index contributed by atoms with van der Waals surface area (Å²) in [4.78, 5) is 10.4. The van der Waals surface area contributed by atoms with E-state index in [0.717, 1.165) is 6.07 Å². The molecule has 1 heterocycles. The molecule has 0 aliphatic carbocycles. The van der Waals surface area contributed by atoms with E-state index in [0.29, 0.717) is 0 Å². The number of hydrogen-bond acceptors (Lipinski definition) is 4. The zero-order valence-corrected chi connectivity index (χ0v) is 10.5. The standard InChI is InChI=1S/C9H10F3NO5S/c1-6-2-3-7(18-6)13(5-4-8(14)15)19(16,17)9(10,11)12/h2-3H,4-5H2,1H3,(H,14,15). The molecule has 0 aromatic carbocycles. The second kappa shape index (κ2) is 5.11. The number of alkyl halides is 3. The van der Waals surface area contributed by atoms with Gasteiger partial charge in [0, 0.05) is 12.6 Å². The Morgan fingerprint density at radius 1 is 1.42 bits per heavy atom. The third-order valence-electron chi connectivity index (χ3n) is 2.08. The van der Waals surface area contributed by atoms with Gasteiger partial charge in [-0.1, -0.05) is 0 Å². The van der Waals surface area contributed by atoms with Gasteiger partial charge in [0.1, 0.15) is 5.76 Å². The van der Waals surface area contributed by atoms with Crippen molar-refractivity contribution in [2.45, 2.75) is 18.9 Å². The molecule has 0 spiro atoms. The van der Waals surface area contributed by atoms with Crippen molar-refractivity contribution in [1.82, 2.24) is 0 Å². The van der Waals surface area contributed by atoms with E-state index in [2.05, 4.69) is 0 Å². The largest absolute Gasteiger partial charge is 0.516 e. The van der Waals surface area contributed by atoms with Gasteiger partial charge in [-0.2, -0.15) is 21.6 Å². The minimum Gasteiger partial charge on any atom is -0.481 e. The van der Waals surface area contributed by atoms with Gasteiger partial charge in [0.15, 0.2) is 0 Å². The van der Waals surface area contributed by atoms with Crippen molar-refractivity contribution < 1.29 is 35.9 Å². The van der Waals surface area contributed by atoms with Gasteiger partial charge in [-0.05, 0) is 13.0 Å². The van der Waals surface area contributed by atoms with Crippen LogP contribution in [0.4, 0.5) is 19.1 Å². The van der Waals surface area contributed by atoms with Crippen LogP contribution in [0.25, 0.3) is 0 Å². The van der Waals surface area contributed by atoms with Crippen LogP contribution in [0.15, 0.2) is 16.5 Å². The fraction of sp³-hybridized carbons (Fsp3) is 0.444. The highest BCUT2D eigenvalue weighted by atomic mass is 32.2. The van der Waals surface area contributed by atoms with Crippen LogP contribution in [-0.2, 0) is 14.8 Å². The van der Waals surface area contributed by atoms with E-state index in [1.54, 1.807) is 0 Å². The predicted octanol–water partition coefficient (Wildman–Crippen LogP) is 1.72. The number of sulfonamides is 1. The van der Waals surface area contributed by atoms with Crippen LogP contribution in [0.1, 0.15) is 12.2 Å². The van der Waals surface area contributed by atoms with Crippen molar-refractivity contribution in [2.75, 3.05) is 10.8 Å². The molecule has 0 aliphatic heterocycles. The van der Waals surface area contributed by atoms with Gasteiger partial charge in [-0.3, -0.25) is 4.79 Å². The van der Waals surface area contributed by atoms with E-state index in [1.807, 2.05) is 0 Å². The van der Waals surface area contributed by atoms with E-state index in [9.17, 15) is 26.4 Å². The third-order valence-corrected chi connectivity index (χ3v) is 3.61. The van der Waals surface area contributed by atoms with Gasteiger partial charge in [0.2, 0.25) is 5.88 Å². The zero-order valence-electron chi connectivity index (χ0n) is 9.64. The van der Waals surface area contributed by atoms with Crippen molar-refractivity contribution in [2.24, 2.45) is 0 Å². The smallest absolute Gasteiger partial charge is 0.481 e. The van der Waals surface area contributed by atoms with Crippen LogP contribution < -0.4 is 4.31 Å². The molecule has 108 valence electrons. The second-order valence-corrected chi connectivity index (χ2v) is 5.40.